The van der Waals surface area contributed by atoms with E-state index < -0.39 is 0 Å². The molecule has 0 amide bonds. The number of benzene rings is 1. The van der Waals surface area contributed by atoms with Gasteiger partial charge in [-0.2, -0.15) is 0 Å². The molecule has 2 rings (SSSR count). The van der Waals surface area contributed by atoms with Crippen LogP contribution in [0.15, 0.2) is 36.7 Å². The molecule has 1 aromatic heterocycles. The highest BCUT2D eigenvalue weighted by Crippen LogP contribution is 2.14. The number of nitrogens with one attached hydrogen (secondary N) is 2. The Morgan fingerprint density at radius 1 is 1.17 bits per heavy atom. The molecule has 0 radical (unpaired) electrons. The highest BCUT2D eigenvalue weighted by Gasteiger charge is 1.99. The Balaban J connectivity index is 1.81. The van der Waals surface area contributed by atoms with Crippen LogP contribution < -0.4 is 5.32 Å². The Hall–Kier alpha value is -1.61. The first-order chi connectivity index (χ1) is 8.90. The lowest BCUT2D eigenvalue weighted by atomic mass is 10.1. The molecular weight excluding hydrogens is 222 g/mol. The number of hydrogen-bond acceptors (Lipinski definition) is 2. The number of rotatable bonds is 7. The molecule has 0 unspecified atom stereocenters. The summed E-state index contributed by atoms with van der Waals surface area (Å²) in [6.45, 7) is 4.28. The van der Waals surface area contributed by atoms with Crippen molar-refractivity contribution in [1.82, 2.24) is 15.3 Å². The van der Waals surface area contributed by atoms with E-state index in [1.165, 1.54) is 24.8 Å². The number of hydrogen-bond donors (Lipinski definition) is 2. The van der Waals surface area contributed by atoms with Gasteiger partial charge in [0.2, 0.25) is 0 Å². The minimum absolute atomic E-state index is 0.928. The van der Waals surface area contributed by atoms with Gasteiger partial charge in [-0.25, -0.2) is 4.98 Å². The van der Waals surface area contributed by atoms with Gasteiger partial charge in [-0.3, -0.25) is 0 Å². The summed E-state index contributed by atoms with van der Waals surface area (Å²) in [5.74, 6) is 0.928. The zero-order valence-corrected chi connectivity index (χ0v) is 10.9. The lowest BCUT2D eigenvalue weighted by Gasteiger charge is -2.05. The van der Waals surface area contributed by atoms with Crippen LogP contribution in [-0.2, 0) is 6.54 Å². The fourth-order valence-electron chi connectivity index (χ4n) is 1.94. The lowest BCUT2D eigenvalue weighted by Crippen LogP contribution is -2.14. The predicted octanol–water partition coefficient (Wildman–Crippen LogP) is 3.36. The lowest BCUT2D eigenvalue weighted by molar-refractivity contribution is 0.617. The summed E-state index contributed by atoms with van der Waals surface area (Å²) < 4.78 is 0. The Morgan fingerprint density at radius 2 is 2.00 bits per heavy atom. The van der Waals surface area contributed by atoms with Crippen molar-refractivity contribution in [1.29, 1.82) is 0 Å². The van der Waals surface area contributed by atoms with Crippen molar-refractivity contribution < 1.29 is 0 Å². The Morgan fingerprint density at radius 3 is 2.67 bits per heavy atom. The van der Waals surface area contributed by atoms with Crippen molar-refractivity contribution in [3.05, 3.63) is 42.2 Å². The largest absolute Gasteiger partial charge is 0.345 e. The molecule has 2 aromatic rings. The van der Waals surface area contributed by atoms with E-state index in [-0.39, 0.29) is 0 Å². The highest BCUT2D eigenvalue weighted by atomic mass is 14.9. The molecule has 2 N–H and O–H groups in total. The molecule has 1 heterocycles. The fraction of sp³-hybridized carbons (Fsp3) is 0.400. The van der Waals surface area contributed by atoms with Crippen LogP contribution in [0.5, 0.6) is 0 Å². The van der Waals surface area contributed by atoms with E-state index in [0.717, 1.165) is 24.5 Å². The molecular formula is C15H21N3. The molecule has 0 aliphatic heterocycles. The van der Waals surface area contributed by atoms with Crippen molar-refractivity contribution in [2.75, 3.05) is 6.54 Å². The summed E-state index contributed by atoms with van der Waals surface area (Å²) in [6.07, 6.45) is 7.47. The zero-order chi connectivity index (χ0) is 12.6. The van der Waals surface area contributed by atoms with Crippen LogP contribution in [0.1, 0.15) is 31.7 Å². The number of imidazole rings is 1. The molecule has 18 heavy (non-hydrogen) atoms. The first kappa shape index (κ1) is 12.8. The summed E-state index contributed by atoms with van der Waals surface area (Å²) in [5.41, 5.74) is 2.46. The first-order valence-corrected chi connectivity index (χ1v) is 6.69. The molecule has 0 saturated heterocycles. The third kappa shape index (κ3) is 3.70. The number of aromatic amines is 1. The zero-order valence-electron chi connectivity index (χ0n) is 10.9. The monoisotopic (exact) mass is 243 g/mol. The van der Waals surface area contributed by atoms with Gasteiger partial charge in [0.1, 0.15) is 5.82 Å². The topological polar surface area (TPSA) is 40.7 Å². The van der Waals surface area contributed by atoms with E-state index in [2.05, 4.69) is 46.5 Å². The van der Waals surface area contributed by atoms with Crippen LogP contribution in [0.2, 0.25) is 0 Å². The predicted molar refractivity (Wildman–Crippen MR) is 75.3 cm³/mol. The molecule has 0 fully saturated rings. The second kappa shape index (κ2) is 6.97. The van der Waals surface area contributed by atoms with E-state index in [9.17, 15) is 0 Å². The van der Waals surface area contributed by atoms with E-state index in [4.69, 9.17) is 0 Å². The molecule has 0 aliphatic rings. The minimum atomic E-state index is 0.928. The molecule has 0 bridgehead atoms. The minimum Gasteiger partial charge on any atom is -0.345 e. The van der Waals surface area contributed by atoms with Gasteiger partial charge in [0.15, 0.2) is 0 Å². The van der Waals surface area contributed by atoms with Crippen molar-refractivity contribution in [3.63, 3.8) is 0 Å². The van der Waals surface area contributed by atoms with Gasteiger partial charge < -0.3 is 10.3 Å². The maximum atomic E-state index is 4.24. The summed E-state index contributed by atoms with van der Waals surface area (Å²) in [5, 5.41) is 3.47. The molecule has 3 nitrogen and oxygen atoms in total. The van der Waals surface area contributed by atoms with Crippen LogP contribution >= 0.6 is 0 Å². The average molecular weight is 243 g/mol. The second-order valence-electron chi connectivity index (χ2n) is 4.52. The van der Waals surface area contributed by atoms with E-state index in [1.807, 2.05) is 6.20 Å². The smallest absolute Gasteiger partial charge is 0.137 e. The first-order valence-electron chi connectivity index (χ1n) is 6.69. The van der Waals surface area contributed by atoms with Gasteiger partial charge in [0.05, 0.1) is 0 Å². The van der Waals surface area contributed by atoms with E-state index in [0.29, 0.717) is 0 Å². The maximum Gasteiger partial charge on any atom is 0.137 e. The Labute approximate surface area is 109 Å². The highest BCUT2D eigenvalue weighted by molar-refractivity contribution is 5.54. The number of H-pyrrole nitrogens is 1. The van der Waals surface area contributed by atoms with Crippen LogP contribution in [0.4, 0.5) is 0 Å². The van der Waals surface area contributed by atoms with Crippen LogP contribution in [0.3, 0.4) is 0 Å². The molecule has 0 saturated carbocycles. The van der Waals surface area contributed by atoms with Crippen LogP contribution in [0, 0.1) is 0 Å². The Kier molecular flexibility index (Phi) is 4.97. The van der Waals surface area contributed by atoms with Gasteiger partial charge in [-0.1, -0.05) is 44.0 Å². The second-order valence-corrected chi connectivity index (χ2v) is 4.52. The van der Waals surface area contributed by atoms with Crippen LogP contribution in [-0.4, -0.2) is 16.5 Å². The van der Waals surface area contributed by atoms with Crippen molar-refractivity contribution in [3.8, 4) is 11.4 Å². The summed E-state index contributed by atoms with van der Waals surface area (Å²) in [4.78, 5) is 7.35. The van der Waals surface area contributed by atoms with E-state index in [1.54, 1.807) is 6.20 Å². The summed E-state index contributed by atoms with van der Waals surface area (Å²) in [6, 6.07) is 8.54. The SMILES string of the molecule is CCCCCNCc1ccc(-c2ncc[nH]2)cc1. The number of aromatic nitrogens is 2. The van der Waals surface area contributed by atoms with Crippen LogP contribution in [0.25, 0.3) is 11.4 Å². The molecule has 3 heteroatoms. The van der Waals surface area contributed by atoms with E-state index >= 15 is 0 Å². The van der Waals surface area contributed by atoms with Crippen molar-refractivity contribution in [2.24, 2.45) is 0 Å². The maximum absolute atomic E-state index is 4.24. The molecule has 0 atom stereocenters. The normalized spacial score (nSPS) is 10.7. The molecule has 96 valence electrons. The summed E-state index contributed by atoms with van der Waals surface area (Å²) in [7, 11) is 0. The van der Waals surface area contributed by atoms with Crippen molar-refractivity contribution in [2.45, 2.75) is 32.7 Å². The quantitative estimate of drug-likeness (QED) is 0.732. The number of unbranched alkanes of at least 4 members (excludes halogenated alkanes) is 2. The van der Waals surface area contributed by atoms with Gasteiger partial charge in [0, 0.05) is 24.5 Å². The third-order valence-corrected chi connectivity index (χ3v) is 3.01. The fourth-order valence-corrected chi connectivity index (χ4v) is 1.94. The molecule has 1 aromatic carbocycles. The Bertz CT molecular complexity index is 431. The number of nitrogens with zero attached hydrogens (tertiary/aromatic N) is 1. The van der Waals surface area contributed by atoms with Gasteiger partial charge >= 0.3 is 0 Å². The average Bonchev–Trinajstić information content (AvgIpc) is 2.93. The molecule has 0 aliphatic carbocycles. The van der Waals surface area contributed by atoms with Gasteiger partial charge in [0.25, 0.3) is 0 Å². The molecule has 0 spiro atoms. The van der Waals surface area contributed by atoms with Gasteiger partial charge in [-0.05, 0) is 18.5 Å². The third-order valence-electron chi connectivity index (χ3n) is 3.01. The van der Waals surface area contributed by atoms with Crippen molar-refractivity contribution >= 4 is 0 Å². The standard InChI is InChI=1S/C15H21N3/c1-2-3-4-9-16-12-13-5-7-14(8-6-13)15-17-10-11-18-15/h5-8,10-11,16H,2-4,9,12H2,1H3,(H,17,18). The summed E-state index contributed by atoms with van der Waals surface area (Å²) >= 11 is 0. The van der Waals surface area contributed by atoms with Gasteiger partial charge in [-0.15, -0.1) is 0 Å².